The van der Waals surface area contributed by atoms with Crippen LogP contribution in [0.3, 0.4) is 0 Å². The van der Waals surface area contributed by atoms with Crippen LogP contribution >= 0.6 is 12.4 Å². The van der Waals surface area contributed by atoms with Gasteiger partial charge in [0.1, 0.15) is 6.04 Å². The Hall–Kier alpha value is -1.60. The van der Waals surface area contributed by atoms with Crippen molar-refractivity contribution < 1.29 is 9.59 Å². The van der Waals surface area contributed by atoms with E-state index in [1.807, 2.05) is 18.1 Å². The first-order valence-corrected chi connectivity index (χ1v) is 9.83. The lowest BCUT2D eigenvalue weighted by Gasteiger charge is -2.34. The number of amides is 2. The van der Waals surface area contributed by atoms with Crippen LogP contribution in [0.1, 0.15) is 56.6 Å². The Kier molecular flexibility index (Phi) is 8.10. The molecular formula is C19H32ClN5O2. The molecule has 2 N–H and O–H groups in total. The summed E-state index contributed by atoms with van der Waals surface area (Å²) >= 11 is 0. The second kappa shape index (κ2) is 10.1. The van der Waals surface area contributed by atoms with Gasteiger partial charge in [-0.1, -0.05) is 19.3 Å². The summed E-state index contributed by atoms with van der Waals surface area (Å²) in [6.45, 7) is 1.28. The van der Waals surface area contributed by atoms with Crippen LogP contribution in [0.25, 0.3) is 0 Å². The van der Waals surface area contributed by atoms with E-state index in [0.29, 0.717) is 19.1 Å². The zero-order valence-corrected chi connectivity index (χ0v) is 17.1. The first-order valence-electron chi connectivity index (χ1n) is 9.83. The van der Waals surface area contributed by atoms with Gasteiger partial charge in [-0.25, -0.2) is 0 Å². The Balaban J connectivity index is 0.00000261. The number of rotatable bonds is 5. The first kappa shape index (κ1) is 21.7. The molecule has 0 radical (unpaired) electrons. The summed E-state index contributed by atoms with van der Waals surface area (Å²) in [7, 11) is 3.64. The summed E-state index contributed by atoms with van der Waals surface area (Å²) in [5, 5.41) is 10.5. The van der Waals surface area contributed by atoms with Gasteiger partial charge in [0.15, 0.2) is 0 Å². The molecule has 0 bridgehead atoms. The highest BCUT2D eigenvalue weighted by atomic mass is 35.5. The predicted molar refractivity (Wildman–Crippen MR) is 107 cm³/mol. The fourth-order valence-corrected chi connectivity index (χ4v) is 4.13. The Morgan fingerprint density at radius 3 is 2.37 bits per heavy atom. The molecule has 3 rings (SSSR count). The SMILES string of the molecule is CNC(C(=O)N1CCC(C(=O)NC2CCCCC2)CC1)c1cnn(C)c1.Cl. The third-order valence-corrected chi connectivity index (χ3v) is 5.72. The average molecular weight is 398 g/mol. The zero-order chi connectivity index (χ0) is 18.5. The smallest absolute Gasteiger partial charge is 0.244 e. The van der Waals surface area contributed by atoms with Crippen molar-refractivity contribution in [1.82, 2.24) is 25.3 Å². The zero-order valence-electron chi connectivity index (χ0n) is 16.3. The molecule has 2 aliphatic rings. The molecule has 2 fully saturated rings. The fourth-order valence-electron chi connectivity index (χ4n) is 4.13. The number of hydrogen-bond donors (Lipinski definition) is 2. The highest BCUT2D eigenvalue weighted by molar-refractivity contribution is 5.85. The van der Waals surface area contributed by atoms with E-state index < -0.39 is 0 Å². The highest BCUT2D eigenvalue weighted by Gasteiger charge is 2.32. The van der Waals surface area contributed by atoms with Crippen LogP contribution in [0, 0.1) is 5.92 Å². The fraction of sp³-hybridized carbons (Fsp3) is 0.737. The number of halogens is 1. The molecule has 1 atom stereocenters. The van der Waals surface area contributed by atoms with Crippen LogP contribution in [0.15, 0.2) is 12.4 Å². The van der Waals surface area contributed by atoms with Gasteiger partial charge >= 0.3 is 0 Å². The molecular weight excluding hydrogens is 366 g/mol. The summed E-state index contributed by atoms with van der Waals surface area (Å²) in [5.41, 5.74) is 0.872. The maximum Gasteiger partial charge on any atom is 0.244 e. The van der Waals surface area contributed by atoms with Gasteiger partial charge in [-0.15, -0.1) is 12.4 Å². The highest BCUT2D eigenvalue weighted by Crippen LogP contribution is 2.23. The second-order valence-corrected chi connectivity index (χ2v) is 7.61. The summed E-state index contributed by atoms with van der Waals surface area (Å²) in [4.78, 5) is 27.3. The summed E-state index contributed by atoms with van der Waals surface area (Å²) in [6, 6.07) is -0.0218. The number of aromatic nitrogens is 2. The standard InChI is InChI=1S/C19H31N5O2.ClH/c1-20-17(15-12-21-23(2)13-15)19(26)24-10-8-14(9-11-24)18(25)22-16-6-4-3-5-7-16;/h12-14,16-17,20H,3-11H2,1-2H3,(H,22,25);1H. The molecule has 152 valence electrons. The number of piperidine rings is 1. The van der Waals surface area contributed by atoms with Gasteiger partial charge in [-0.3, -0.25) is 14.3 Å². The second-order valence-electron chi connectivity index (χ2n) is 7.61. The van der Waals surface area contributed by atoms with Crippen LogP contribution < -0.4 is 10.6 Å². The number of likely N-dealkylation sites (tertiary alicyclic amines) is 1. The minimum Gasteiger partial charge on any atom is -0.353 e. The van der Waals surface area contributed by atoms with E-state index in [1.54, 1.807) is 17.9 Å². The van der Waals surface area contributed by atoms with Gasteiger partial charge in [-0.2, -0.15) is 5.10 Å². The summed E-state index contributed by atoms with van der Waals surface area (Å²) < 4.78 is 1.70. The molecule has 1 aliphatic carbocycles. The van der Waals surface area contributed by atoms with Crippen LogP contribution in [0.2, 0.25) is 0 Å². The molecule has 2 heterocycles. The lowest BCUT2D eigenvalue weighted by Crippen LogP contribution is -2.48. The van der Waals surface area contributed by atoms with Crippen molar-refractivity contribution in [1.29, 1.82) is 0 Å². The van der Waals surface area contributed by atoms with Crippen molar-refractivity contribution in [2.24, 2.45) is 13.0 Å². The van der Waals surface area contributed by atoms with E-state index in [1.165, 1.54) is 19.3 Å². The van der Waals surface area contributed by atoms with Crippen LogP contribution in [0.4, 0.5) is 0 Å². The molecule has 1 saturated carbocycles. The molecule has 1 aromatic heterocycles. The lowest BCUT2D eigenvalue weighted by molar-refractivity contribution is -0.137. The Labute approximate surface area is 167 Å². The Morgan fingerprint density at radius 1 is 1.15 bits per heavy atom. The third-order valence-electron chi connectivity index (χ3n) is 5.72. The molecule has 1 saturated heterocycles. The largest absolute Gasteiger partial charge is 0.353 e. The molecule has 0 aromatic carbocycles. The Morgan fingerprint density at radius 2 is 1.81 bits per heavy atom. The number of carbonyl (C=O) groups is 2. The molecule has 7 nitrogen and oxygen atoms in total. The topological polar surface area (TPSA) is 79.3 Å². The van der Waals surface area contributed by atoms with E-state index >= 15 is 0 Å². The number of aryl methyl sites for hydroxylation is 1. The van der Waals surface area contributed by atoms with Gasteiger partial charge in [0, 0.05) is 43.9 Å². The number of hydrogen-bond acceptors (Lipinski definition) is 4. The molecule has 1 unspecified atom stereocenters. The number of likely N-dealkylation sites (N-methyl/N-ethyl adjacent to an activating group) is 1. The third kappa shape index (κ3) is 5.45. The van der Waals surface area contributed by atoms with Gasteiger partial charge in [0.2, 0.25) is 11.8 Å². The van der Waals surface area contributed by atoms with Crippen molar-refractivity contribution >= 4 is 24.2 Å². The summed E-state index contributed by atoms with van der Waals surface area (Å²) in [6.07, 6.45) is 11.0. The van der Waals surface area contributed by atoms with Gasteiger partial charge in [0.05, 0.1) is 6.20 Å². The molecule has 2 amide bonds. The van der Waals surface area contributed by atoms with E-state index in [-0.39, 0.29) is 36.2 Å². The maximum absolute atomic E-state index is 12.9. The van der Waals surface area contributed by atoms with Crippen molar-refractivity contribution in [3.8, 4) is 0 Å². The van der Waals surface area contributed by atoms with E-state index in [0.717, 1.165) is 31.2 Å². The van der Waals surface area contributed by atoms with Gasteiger partial charge in [-0.05, 0) is 32.7 Å². The predicted octanol–water partition coefficient (Wildman–Crippen LogP) is 1.79. The number of nitrogens with one attached hydrogen (secondary N) is 2. The quantitative estimate of drug-likeness (QED) is 0.793. The van der Waals surface area contributed by atoms with E-state index in [9.17, 15) is 9.59 Å². The monoisotopic (exact) mass is 397 g/mol. The van der Waals surface area contributed by atoms with Crippen molar-refractivity contribution in [2.45, 2.75) is 57.0 Å². The molecule has 27 heavy (non-hydrogen) atoms. The molecule has 8 heteroatoms. The van der Waals surface area contributed by atoms with Gasteiger partial charge < -0.3 is 15.5 Å². The van der Waals surface area contributed by atoms with E-state index in [2.05, 4.69) is 15.7 Å². The van der Waals surface area contributed by atoms with Crippen LogP contribution in [-0.4, -0.2) is 52.7 Å². The number of nitrogens with zero attached hydrogens (tertiary/aromatic N) is 3. The minimum absolute atomic E-state index is 0. The normalized spacial score (nSPS) is 20.0. The summed E-state index contributed by atoms with van der Waals surface area (Å²) in [5.74, 6) is 0.278. The van der Waals surface area contributed by atoms with Crippen LogP contribution in [0.5, 0.6) is 0 Å². The number of carbonyl (C=O) groups excluding carboxylic acids is 2. The van der Waals surface area contributed by atoms with Gasteiger partial charge in [0.25, 0.3) is 0 Å². The maximum atomic E-state index is 12.9. The van der Waals surface area contributed by atoms with Crippen molar-refractivity contribution in [2.75, 3.05) is 20.1 Å². The lowest BCUT2D eigenvalue weighted by atomic mass is 9.92. The molecule has 0 spiro atoms. The van der Waals surface area contributed by atoms with Crippen molar-refractivity contribution in [3.63, 3.8) is 0 Å². The van der Waals surface area contributed by atoms with Crippen molar-refractivity contribution in [3.05, 3.63) is 18.0 Å². The first-order chi connectivity index (χ1) is 12.6. The Bertz CT molecular complexity index is 621. The van der Waals surface area contributed by atoms with Crippen LogP contribution in [-0.2, 0) is 16.6 Å². The molecule has 1 aliphatic heterocycles. The molecule has 1 aromatic rings. The van der Waals surface area contributed by atoms with E-state index in [4.69, 9.17) is 0 Å². The minimum atomic E-state index is -0.378. The average Bonchev–Trinajstić information content (AvgIpc) is 3.09.